The van der Waals surface area contributed by atoms with Gasteiger partial charge < -0.3 is 5.32 Å². The van der Waals surface area contributed by atoms with Crippen LogP contribution in [0.15, 0.2) is 60.9 Å². The van der Waals surface area contributed by atoms with Crippen molar-refractivity contribution in [2.75, 3.05) is 5.32 Å². The number of aromatic nitrogens is 4. The van der Waals surface area contributed by atoms with Gasteiger partial charge >= 0.3 is 0 Å². The van der Waals surface area contributed by atoms with E-state index in [1.807, 2.05) is 24.3 Å². The molecule has 0 aliphatic rings. The fourth-order valence-electron chi connectivity index (χ4n) is 2.81. The summed E-state index contributed by atoms with van der Waals surface area (Å²) >= 11 is 18.1. The quantitative estimate of drug-likeness (QED) is 0.423. The Morgan fingerprint density at radius 2 is 1.90 bits per heavy atom. The molecular weight excluding hydrogens is 433 g/mol. The van der Waals surface area contributed by atoms with Crippen molar-refractivity contribution in [2.45, 2.75) is 6.54 Å². The minimum atomic E-state index is -0.337. The van der Waals surface area contributed by atoms with Gasteiger partial charge in [0.15, 0.2) is 0 Å². The van der Waals surface area contributed by atoms with Crippen LogP contribution >= 0.6 is 34.8 Å². The molecule has 2 aromatic carbocycles. The smallest absolute Gasteiger partial charge is 0.273 e. The summed E-state index contributed by atoms with van der Waals surface area (Å²) in [6, 6.07) is 14.2. The zero-order valence-electron chi connectivity index (χ0n) is 14.9. The monoisotopic (exact) mass is 445 g/mol. The van der Waals surface area contributed by atoms with Crippen molar-refractivity contribution in [3.8, 4) is 11.3 Å². The summed E-state index contributed by atoms with van der Waals surface area (Å²) in [7, 11) is 0. The summed E-state index contributed by atoms with van der Waals surface area (Å²) in [4.78, 5) is 12.5. The van der Waals surface area contributed by atoms with Crippen molar-refractivity contribution in [3.63, 3.8) is 0 Å². The molecule has 0 atom stereocenters. The van der Waals surface area contributed by atoms with E-state index in [0.717, 1.165) is 5.56 Å². The second-order valence-corrected chi connectivity index (χ2v) is 7.58. The van der Waals surface area contributed by atoms with Crippen molar-refractivity contribution >= 4 is 46.4 Å². The maximum absolute atomic E-state index is 12.5. The highest BCUT2D eigenvalue weighted by Crippen LogP contribution is 2.29. The summed E-state index contributed by atoms with van der Waals surface area (Å²) in [5.74, 6) is -0.337. The maximum atomic E-state index is 12.5. The summed E-state index contributed by atoms with van der Waals surface area (Å²) in [5, 5.41) is 15.6. The molecule has 2 heterocycles. The average Bonchev–Trinajstić information content (AvgIpc) is 3.32. The molecule has 0 spiro atoms. The van der Waals surface area contributed by atoms with Gasteiger partial charge in [-0.3, -0.25) is 14.6 Å². The second-order valence-electron chi connectivity index (χ2n) is 6.30. The molecule has 6 nitrogen and oxygen atoms in total. The average molecular weight is 447 g/mol. The van der Waals surface area contributed by atoms with Crippen molar-refractivity contribution in [2.24, 2.45) is 0 Å². The van der Waals surface area contributed by atoms with Gasteiger partial charge in [-0.1, -0.05) is 46.9 Å². The summed E-state index contributed by atoms with van der Waals surface area (Å²) < 4.78 is 1.72. The molecule has 4 rings (SSSR count). The van der Waals surface area contributed by atoms with Gasteiger partial charge in [0, 0.05) is 21.8 Å². The van der Waals surface area contributed by atoms with Crippen LogP contribution in [0.3, 0.4) is 0 Å². The molecular formula is C20H14Cl3N5O. The van der Waals surface area contributed by atoms with Crippen LogP contribution in [0.1, 0.15) is 16.1 Å². The number of anilines is 1. The zero-order chi connectivity index (χ0) is 20.4. The first-order chi connectivity index (χ1) is 14.0. The Balaban J connectivity index is 1.45. The maximum Gasteiger partial charge on any atom is 0.273 e. The van der Waals surface area contributed by atoms with Crippen LogP contribution in [0, 0.1) is 0 Å². The first-order valence-corrected chi connectivity index (χ1v) is 9.70. The number of halogens is 3. The van der Waals surface area contributed by atoms with Crippen LogP contribution in [0.5, 0.6) is 0 Å². The SMILES string of the molecule is O=C(Nc1cnn(Cc2cccc(Cl)c2)c1)c1cc(-c2ccc(Cl)cc2Cl)n[nH]1. The number of amides is 1. The van der Waals surface area contributed by atoms with E-state index in [1.165, 1.54) is 0 Å². The molecule has 2 aromatic heterocycles. The number of hydrogen-bond donors (Lipinski definition) is 2. The Labute approximate surface area is 181 Å². The van der Waals surface area contributed by atoms with Crippen LogP contribution in [0.4, 0.5) is 5.69 Å². The topological polar surface area (TPSA) is 75.6 Å². The predicted octanol–water partition coefficient (Wildman–Crippen LogP) is 5.53. The van der Waals surface area contributed by atoms with Crippen LogP contribution in [-0.4, -0.2) is 25.9 Å². The standard InChI is InChI=1S/C20H14Cl3N5O/c21-13-3-1-2-12(6-13)10-28-11-15(9-24-28)25-20(29)19-8-18(26-27-19)16-5-4-14(22)7-17(16)23/h1-9,11H,10H2,(H,25,29)(H,26,27). The summed E-state index contributed by atoms with van der Waals surface area (Å²) in [6.45, 7) is 0.541. The van der Waals surface area contributed by atoms with E-state index in [0.29, 0.717) is 44.3 Å². The predicted molar refractivity (Wildman–Crippen MR) is 115 cm³/mol. The molecule has 29 heavy (non-hydrogen) atoms. The van der Waals surface area contributed by atoms with Crippen molar-refractivity contribution in [3.05, 3.63) is 87.2 Å². The Kier molecular flexibility index (Phi) is 5.58. The molecule has 0 fully saturated rings. The number of aromatic amines is 1. The number of nitrogens with one attached hydrogen (secondary N) is 2. The lowest BCUT2D eigenvalue weighted by Crippen LogP contribution is -2.11. The van der Waals surface area contributed by atoms with E-state index in [-0.39, 0.29) is 5.91 Å². The van der Waals surface area contributed by atoms with E-state index in [2.05, 4.69) is 20.6 Å². The molecule has 0 saturated heterocycles. The Hall–Kier alpha value is -2.80. The zero-order valence-corrected chi connectivity index (χ0v) is 17.1. The highest BCUT2D eigenvalue weighted by molar-refractivity contribution is 6.36. The lowest BCUT2D eigenvalue weighted by molar-refractivity contribution is 0.102. The summed E-state index contributed by atoms with van der Waals surface area (Å²) in [5.41, 5.74) is 3.11. The van der Waals surface area contributed by atoms with E-state index < -0.39 is 0 Å². The fraction of sp³-hybridized carbons (Fsp3) is 0.0500. The number of carbonyl (C=O) groups is 1. The highest BCUT2D eigenvalue weighted by atomic mass is 35.5. The fourth-order valence-corrected chi connectivity index (χ4v) is 3.53. The lowest BCUT2D eigenvalue weighted by atomic mass is 10.1. The Morgan fingerprint density at radius 3 is 2.69 bits per heavy atom. The third kappa shape index (κ3) is 4.62. The highest BCUT2D eigenvalue weighted by Gasteiger charge is 2.14. The summed E-state index contributed by atoms with van der Waals surface area (Å²) in [6.07, 6.45) is 3.32. The van der Waals surface area contributed by atoms with Gasteiger partial charge in [0.25, 0.3) is 5.91 Å². The number of benzene rings is 2. The van der Waals surface area contributed by atoms with Crippen LogP contribution in [-0.2, 0) is 6.54 Å². The molecule has 4 aromatic rings. The van der Waals surface area contributed by atoms with Crippen molar-refractivity contribution in [1.82, 2.24) is 20.0 Å². The van der Waals surface area contributed by atoms with Gasteiger partial charge in [0.1, 0.15) is 5.69 Å². The van der Waals surface area contributed by atoms with E-state index >= 15 is 0 Å². The number of rotatable bonds is 5. The molecule has 0 aliphatic carbocycles. The third-order valence-corrected chi connectivity index (χ3v) is 4.94. The molecule has 0 unspecified atom stereocenters. The minimum Gasteiger partial charge on any atom is -0.318 e. The van der Waals surface area contributed by atoms with Gasteiger partial charge in [0.2, 0.25) is 0 Å². The van der Waals surface area contributed by atoms with E-state index in [9.17, 15) is 4.79 Å². The van der Waals surface area contributed by atoms with Gasteiger partial charge in [-0.15, -0.1) is 0 Å². The first kappa shape index (κ1) is 19.5. The van der Waals surface area contributed by atoms with Gasteiger partial charge in [-0.25, -0.2) is 0 Å². The number of hydrogen-bond acceptors (Lipinski definition) is 3. The van der Waals surface area contributed by atoms with Gasteiger partial charge in [0.05, 0.1) is 29.1 Å². The molecule has 0 saturated carbocycles. The number of nitrogens with zero attached hydrogens (tertiary/aromatic N) is 3. The van der Waals surface area contributed by atoms with Crippen molar-refractivity contribution in [1.29, 1.82) is 0 Å². The van der Waals surface area contributed by atoms with E-state index in [4.69, 9.17) is 34.8 Å². The molecule has 1 amide bonds. The molecule has 0 aliphatic heterocycles. The van der Waals surface area contributed by atoms with Gasteiger partial charge in [-0.2, -0.15) is 10.2 Å². The largest absolute Gasteiger partial charge is 0.318 e. The molecule has 2 N–H and O–H groups in total. The lowest BCUT2D eigenvalue weighted by Gasteiger charge is -2.02. The molecule has 0 radical (unpaired) electrons. The minimum absolute atomic E-state index is 0.300. The third-order valence-electron chi connectivity index (χ3n) is 4.15. The Bertz CT molecular complexity index is 1180. The first-order valence-electron chi connectivity index (χ1n) is 8.57. The van der Waals surface area contributed by atoms with Gasteiger partial charge in [-0.05, 0) is 42.0 Å². The van der Waals surface area contributed by atoms with E-state index in [1.54, 1.807) is 41.3 Å². The Morgan fingerprint density at radius 1 is 1.07 bits per heavy atom. The van der Waals surface area contributed by atoms with Crippen molar-refractivity contribution < 1.29 is 4.79 Å². The number of H-pyrrole nitrogens is 1. The molecule has 9 heteroatoms. The van der Waals surface area contributed by atoms with Crippen LogP contribution in [0.25, 0.3) is 11.3 Å². The normalized spacial score (nSPS) is 10.9. The second kappa shape index (κ2) is 8.29. The van der Waals surface area contributed by atoms with Crippen LogP contribution in [0.2, 0.25) is 15.1 Å². The molecule has 146 valence electrons. The van der Waals surface area contributed by atoms with Crippen LogP contribution < -0.4 is 5.32 Å². The molecule has 0 bridgehead atoms. The number of carbonyl (C=O) groups excluding carboxylic acids is 1.